The Hall–Kier alpha value is -2.27. The zero-order valence-corrected chi connectivity index (χ0v) is 13.4. The maximum atomic E-state index is 13.9. The van der Waals surface area contributed by atoms with Crippen LogP contribution >= 0.6 is 0 Å². The van der Waals surface area contributed by atoms with Crippen molar-refractivity contribution in [1.29, 1.82) is 0 Å². The summed E-state index contributed by atoms with van der Waals surface area (Å²) in [6.07, 6.45) is 1.61. The molecule has 0 heterocycles. The van der Waals surface area contributed by atoms with E-state index in [1.165, 1.54) is 12.1 Å². The van der Waals surface area contributed by atoms with Crippen LogP contribution in [0.1, 0.15) is 34.6 Å². The van der Waals surface area contributed by atoms with Crippen LogP contribution in [0.5, 0.6) is 0 Å². The number of hydrogen-bond acceptors (Lipinski definition) is 2. The van der Waals surface area contributed by atoms with Crippen molar-refractivity contribution in [3.8, 4) is 0 Å². The molecule has 0 amide bonds. The fourth-order valence-electron chi connectivity index (χ4n) is 3.51. The zero-order valence-electron chi connectivity index (χ0n) is 13.4. The smallest absolute Gasteiger partial charge is 0.320 e. The van der Waals surface area contributed by atoms with E-state index < -0.39 is 23.6 Å². The summed E-state index contributed by atoms with van der Waals surface area (Å²) in [7, 11) is 1.59. The third kappa shape index (κ3) is 3.04. The fourth-order valence-corrected chi connectivity index (χ4v) is 3.51. The van der Waals surface area contributed by atoms with E-state index >= 15 is 0 Å². The topological polar surface area (TPSA) is 49.3 Å². The molecule has 0 saturated carbocycles. The van der Waals surface area contributed by atoms with Crippen LogP contribution in [-0.4, -0.2) is 24.2 Å². The average Bonchev–Trinajstić information content (AvgIpc) is 2.70. The highest BCUT2D eigenvalue weighted by atomic mass is 19.2. The second kappa shape index (κ2) is 6.69. The molecule has 0 fully saturated rings. The first kappa shape index (κ1) is 16.6. The van der Waals surface area contributed by atoms with Crippen molar-refractivity contribution in [2.45, 2.75) is 31.2 Å². The van der Waals surface area contributed by atoms with E-state index in [1.54, 1.807) is 7.05 Å². The van der Waals surface area contributed by atoms with Crippen LogP contribution < -0.4 is 5.32 Å². The van der Waals surface area contributed by atoms with Gasteiger partial charge in [0.15, 0.2) is 11.6 Å². The molecule has 0 bridgehead atoms. The van der Waals surface area contributed by atoms with E-state index in [9.17, 15) is 18.7 Å². The Bertz CT molecular complexity index is 776. The third-order valence-electron chi connectivity index (χ3n) is 4.77. The number of carboxylic acids is 1. The van der Waals surface area contributed by atoms with Gasteiger partial charge in [-0.3, -0.25) is 4.79 Å². The van der Waals surface area contributed by atoms with Gasteiger partial charge in [-0.05, 0) is 60.7 Å². The van der Waals surface area contributed by atoms with E-state index in [2.05, 4.69) is 5.32 Å². The maximum absolute atomic E-state index is 13.9. The minimum Gasteiger partial charge on any atom is -0.480 e. The minimum absolute atomic E-state index is 0.279. The number of rotatable bonds is 4. The molecular formula is C19H19F2NO2. The van der Waals surface area contributed by atoms with Gasteiger partial charge in [-0.1, -0.05) is 24.3 Å². The van der Waals surface area contributed by atoms with Gasteiger partial charge in [-0.25, -0.2) is 8.78 Å². The normalized spacial score (nSPS) is 17.5. The Morgan fingerprint density at radius 2 is 1.83 bits per heavy atom. The van der Waals surface area contributed by atoms with Crippen LogP contribution in [0.25, 0.3) is 0 Å². The van der Waals surface area contributed by atoms with Crippen LogP contribution in [0.4, 0.5) is 8.78 Å². The molecule has 3 rings (SSSR count). The van der Waals surface area contributed by atoms with Crippen molar-refractivity contribution in [2.24, 2.45) is 0 Å². The van der Waals surface area contributed by atoms with Gasteiger partial charge in [-0.2, -0.15) is 0 Å². The van der Waals surface area contributed by atoms with Gasteiger partial charge >= 0.3 is 5.97 Å². The Kier molecular flexibility index (Phi) is 4.62. The van der Waals surface area contributed by atoms with E-state index in [1.807, 2.05) is 24.3 Å². The van der Waals surface area contributed by atoms with Crippen LogP contribution in [0.15, 0.2) is 36.4 Å². The molecule has 2 atom stereocenters. The Morgan fingerprint density at radius 1 is 1.17 bits per heavy atom. The first-order valence-electron chi connectivity index (χ1n) is 7.97. The summed E-state index contributed by atoms with van der Waals surface area (Å²) in [5, 5.41) is 12.2. The predicted octanol–water partition coefficient (Wildman–Crippen LogP) is 3.26. The van der Waals surface area contributed by atoms with Gasteiger partial charge in [0.05, 0.1) is 0 Å². The lowest BCUT2D eigenvalue weighted by Crippen LogP contribution is -2.35. The molecule has 0 aliphatic heterocycles. The molecule has 126 valence electrons. The summed E-state index contributed by atoms with van der Waals surface area (Å²) in [4.78, 5) is 11.4. The number of halogens is 2. The largest absolute Gasteiger partial charge is 0.480 e. The molecule has 0 spiro atoms. The first-order valence-corrected chi connectivity index (χ1v) is 7.97. The van der Waals surface area contributed by atoms with Crippen LogP contribution in [0, 0.1) is 11.6 Å². The molecule has 24 heavy (non-hydrogen) atoms. The quantitative estimate of drug-likeness (QED) is 0.904. The number of benzene rings is 2. The molecule has 0 aromatic heterocycles. The second-order valence-electron chi connectivity index (χ2n) is 6.13. The third-order valence-corrected chi connectivity index (χ3v) is 4.77. The number of hydrogen-bond donors (Lipinski definition) is 2. The highest BCUT2D eigenvalue weighted by Gasteiger charge is 2.29. The number of aliphatic carboxylic acids is 1. The number of aryl methyl sites for hydroxylation is 2. The highest BCUT2D eigenvalue weighted by molar-refractivity contribution is 5.73. The zero-order chi connectivity index (χ0) is 17.3. The summed E-state index contributed by atoms with van der Waals surface area (Å²) >= 11 is 0. The van der Waals surface area contributed by atoms with Crippen LogP contribution in [0.3, 0.4) is 0 Å². The standard InChI is InChI=1S/C19H19F2NO2/c1-22-18(19(23)24)10-15-13-5-3-2-4-11(13)6-7-12-8-16(20)17(21)9-14(12)15/h2-5,8-9,15,18,22H,6-7,10H2,1H3,(H,23,24). The number of nitrogens with one attached hydrogen (secondary N) is 1. The van der Waals surface area contributed by atoms with Gasteiger partial charge in [0.25, 0.3) is 0 Å². The molecular weight excluding hydrogens is 312 g/mol. The molecule has 2 aromatic rings. The summed E-state index contributed by atoms with van der Waals surface area (Å²) in [6, 6.07) is 9.49. The highest BCUT2D eigenvalue weighted by Crippen LogP contribution is 2.38. The van der Waals surface area contributed by atoms with Crippen molar-refractivity contribution >= 4 is 5.97 Å². The van der Waals surface area contributed by atoms with Crippen molar-refractivity contribution in [3.63, 3.8) is 0 Å². The van der Waals surface area contributed by atoms with Crippen LogP contribution in [0.2, 0.25) is 0 Å². The SMILES string of the molecule is CNC(CC1c2ccccc2CCc2cc(F)c(F)cc21)C(=O)O. The molecule has 1 aliphatic rings. The lowest BCUT2D eigenvalue weighted by atomic mass is 9.83. The number of likely N-dealkylation sites (N-methyl/N-ethyl adjacent to an activating group) is 1. The van der Waals surface area contributed by atoms with Gasteiger partial charge in [-0.15, -0.1) is 0 Å². The Labute approximate surface area is 139 Å². The number of fused-ring (bicyclic) bond motifs is 2. The molecule has 2 unspecified atom stereocenters. The summed E-state index contributed by atoms with van der Waals surface area (Å²) in [5.74, 6) is -3.00. The predicted molar refractivity (Wildman–Crippen MR) is 87.2 cm³/mol. The molecule has 5 heteroatoms. The Morgan fingerprint density at radius 3 is 2.54 bits per heavy atom. The summed E-state index contributed by atoms with van der Waals surface area (Å²) in [6.45, 7) is 0. The van der Waals surface area contributed by atoms with Gasteiger partial charge in [0, 0.05) is 5.92 Å². The number of carbonyl (C=O) groups is 1. The molecule has 2 aromatic carbocycles. The van der Waals surface area contributed by atoms with E-state index in [0.29, 0.717) is 12.0 Å². The Balaban J connectivity index is 2.13. The van der Waals surface area contributed by atoms with E-state index in [4.69, 9.17) is 0 Å². The van der Waals surface area contributed by atoms with Gasteiger partial charge in [0.1, 0.15) is 6.04 Å². The van der Waals surface area contributed by atoms with E-state index in [0.717, 1.165) is 23.1 Å². The van der Waals surface area contributed by atoms with Crippen molar-refractivity contribution in [2.75, 3.05) is 7.05 Å². The molecule has 3 nitrogen and oxygen atoms in total. The monoisotopic (exact) mass is 331 g/mol. The lowest BCUT2D eigenvalue weighted by Gasteiger charge is -2.24. The second-order valence-corrected chi connectivity index (χ2v) is 6.13. The molecule has 0 saturated heterocycles. The fraction of sp³-hybridized carbons (Fsp3) is 0.316. The minimum atomic E-state index is -0.955. The van der Waals surface area contributed by atoms with Gasteiger partial charge in [0.2, 0.25) is 0 Å². The lowest BCUT2D eigenvalue weighted by molar-refractivity contribution is -0.139. The molecule has 1 aliphatic carbocycles. The number of carboxylic acid groups (broad SMARTS) is 1. The summed E-state index contributed by atoms with van der Waals surface area (Å²) in [5.41, 5.74) is 3.51. The van der Waals surface area contributed by atoms with Gasteiger partial charge < -0.3 is 10.4 Å². The molecule has 2 N–H and O–H groups in total. The van der Waals surface area contributed by atoms with E-state index in [-0.39, 0.29) is 12.3 Å². The van der Waals surface area contributed by atoms with Crippen molar-refractivity contribution in [3.05, 3.63) is 70.3 Å². The summed E-state index contributed by atoms with van der Waals surface area (Å²) < 4.78 is 27.5. The van der Waals surface area contributed by atoms with Crippen molar-refractivity contribution < 1.29 is 18.7 Å². The van der Waals surface area contributed by atoms with Crippen molar-refractivity contribution in [1.82, 2.24) is 5.32 Å². The molecule has 0 radical (unpaired) electrons. The average molecular weight is 331 g/mol. The first-order chi connectivity index (χ1) is 11.5. The van der Waals surface area contributed by atoms with Crippen LogP contribution in [-0.2, 0) is 17.6 Å². The maximum Gasteiger partial charge on any atom is 0.320 e.